The van der Waals surface area contributed by atoms with Gasteiger partial charge in [0.25, 0.3) is 11.6 Å². The molecule has 0 radical (unpaired) electrons. The first-order valence-corrected chi connectivity index (χ1v) is 14.5. The SMILES string of the molecule is CN(C(=O)COC(=O)c1c2c(nc3ccccc13)/C(=C\c1ccc([N+](=O)[O-])cc1)CCC2)[C@H]1CCS(=O)(=O)C1. The average molecular weight is 550 g/mol. The van der Waals surface area contributed by atoms with E-state index >= 15 is 0 Å². The molecule has 0 saturated carbocycles. The number of likely N-dealkylation sites (N-methyl/N-ethyl adjacent to an activating group) is 1. The number of allylic oxidation sites excluding steroid dienone is 1. The number of carbonyl (C=O) groups is 2. The van der Waals surface area contributed by atoms with Gasteiger partial charge in [-0.15, -0.1) is 0 Å². The van der Waals surface area contributed by atoms with E-state index in [-0.39, 0.29) is 17.2 Å². The summed E-state index contributed by atoms with van der Waals surface area (Å²) in [6.07, 6.45) is 4.38. The lowest BCUT2D eigenvalue weighted by atomic mass is 9.86. The molecule has 1 aliphatic carbocycles. The van der Waals surface area contributed by atoms with Crippen molar-refractivity contribution in [1.29, 1.82) is 0 Å². The van der Waals surface area contributed by atoms with Gasteiger partial charge in [-0.3, -0.25) is 14.9 Å². The number of pyridine rings is 1. The van der Waals surface area contributed by atoms with Crippen LogP contribution < -0.4 is 0 Å². The molecule has 0 bridgehead atoms. The van der Waals surface area contributed by atoms with Crippen LogP contribution in [-0.4, -0.2) is 66.3 Å². The minimum atomic E-state index is -3.16. The van der Waals surface area contributed by atoms with Crippen molar-refractivity contribution in [2.45, 2.75) is 31.7 Å². The first kappa shape index (κ1) is 26.5. The Hall–Kier alpha value is -4.12. The highest BCUT2D eigenvalue weighted by atomic mass is 32.2. The number of aromatic nitrogens is 1. The quantitative estimate of drug-likeness (QED) is 0.257. The smallest absolute Gasteiger partial charge is 0.339 e. The van der Waals surface area contributed by atoms with E-state index in [9.17, 15) is 28.1 Å². The molecule has 39 heavy (non-hydrogen) atoms. The first-order chi connectivity index (χ1) is 18.6. The lowest BCUT2D eigenvalue weighted by molar-refractivity contribution is -0.384. The van der Waals surface area contributed by atoms with Crippen molar-refractivity contribution in [3.8, 4) is 0 Å². The number of rotatable bonds is 6. The number of nitro benzene ring substituents is 1. The number of esters is 1. The van der Waals surface area contributed by atoms with Gasteiger partial charge in [-0.1, -0.05) is 18.2 Å². The van der Waals surface area contributed by atoms with Gasteiger partial charge in [0, 0.05) is 30.6 Å². The number of hydrogen-bond donors (Lipinski definition) is 0. The fraction of sp³-hybridized carbons (Fsp3) is 0.321. The fourth-order valence-electron chi connectivity index (χ4n) is 5.19. The summed E-state index contributed by atoms with van der Waals surface area (Å²) in [7, 11) is -1.63. The van der Waals surface area contributed by atoms with Crippen LogP contribution in [-0.2, 0) is 25.8 Å². The van der Waals surface area contributed by atoms with Crippen LogP contribution in [0.1, 0.15) is 46.4 Å². The highest BCUT2D eigenvalue weighted by Crippen LogP contribution is 2.36. The van der Waals surface area contributed by atoms with Crippen molar-refractivity contribution in [3.63, 3.8) is 0 Å². The van der Waals surface area contributed by atoms with Gasteiger partial charge in [0.15, 0.2) is 16.4 Å². The highest BCUT2D eigenvalue weighted by molar-refractivity contribution is 7.91. The number of para-hydroxylation sites is 1. The van der Waals surface area contributed by atoms with E-state index in [1.165, 1.54) is 24.1 Å². The molecule has 1 aliphatic heterocycles. The Labute approximate surface area is 225 Å². The summed E-state index contributed by atoms with van der Waals surface area (Å²) in [6.45, 7) is -0.497. The third-order valence-corrected chi connectivity index (χ3v) is 9.05. The molecule has 1 atom stereocenters. The molecular formula is C28H27N3O7S. The van der Waals surface area contributed by atoms with Crippen molar-refractivity contribution in [2.75, 3.05) is 25.2 Å². The molecule has 1 saturated heterocycles. The number of fused-ring (bicyclic) bond motifs is 2. The predicted molar refractivity (Wildman–Crippen MR) is 146 cm³/mol. The molecule has 10 nitrogen and oxygen atoms in total. The maximum atomic E-state index is 13.4. The number of benzene rings is 2. The standard InChI is InChI=1S/C28H27N3O7S/c1-30(21-13-14-39(36,37)17-21)25(32)16-38-28(33)26-22-6-2-3-8-24(22)29-27-19(5-4-7-23(26)27)15-18-9-11-20(12-10-18)31(34)35/h2-3,6,8-12,15,21H,4-5,7,13-14,16-17H2,1H3/b19-15-/t21-/m0/s1. The summed E-state index contributed by atoms with van der Waals surface area (Å²) >= 11 is 0. The highest BCUT2D eigenvalue weighted by Gasteiger charge is 2.33. The Morgan fingerprint density at radius 3 is 2.59 bits per heavy atom. The van der Waals surface area contributed by atoms with Crippen LogP contribution in [0.2, 0.25) is 0 Å². The maximum Gasteiger partial charge on any atom is 0.339 e. The normalized spacial score (nSPS) is 19.0. The van der Waals surface area contributed by atoms with E-state index in [0.29, 0.717) is 35.0 Å². The molecule has 1 aromatic heterocycles. The predicted octanol–water partition coefficient (Wildman–Crippen LogP) is 3.82. The molecule has 2 aliphatic rings. The topological polar surface area (TPSA) is 137 Å². The number of non-ortho nitro benzene ring substituents is 1. The van der Waals surface area contributed by atoms with Crippen LogP contribution in [0.15, 0.2) is 48.5 Å². The van der Waals surface area contributed by atoms with E-state index in [1.54, 1.807) is 18.2 Å². The van der Waals surface area contributed by atoms with Gasteiger partial charge in [-0.2, -0.15) is 0 Å². The Bertz CT molecular complexity index is 1610. The van der Waals surface area contributed by atoms with Gasteiger partial charge in [0.1, 0.15) is 0 Å². The lowest BCUT2D eigenvalue weighted by Gasteiger charge is -2.24. The summed E-state index contributed by atoms with van der Waals surface area (Å²) in [5.74, 6) is -1.14. The number of sulfone groups is 1. The van der Waals surface area contributed by atoms with Gasteiger partial charge in [0.2, 0.25) is 0 Å². The Balaban J connectivity index is 1.44. The van der Waals surface area contributed by atoms with Crippen LogP contribution in [0.4, 0.5) is 5.69 Å². The van der Waals surface area contributed by atoms with E-state index in [4.69, 9.17) is 9.72 Å². The third kappa shape index (κ3) is 5.53. The zero-order valence-electron chi connectivity index (χ0n) is 21.3. The largest absolute Gasteiger partial charge is 0.452 e. The molecule has 0 spiro atoms. The second kappa shape index (κ2) is 10.6. The van der Waals surface area contributed by atoms with Gasteiger partial charge in [-0.05, 0) is 66.7 Å². The van der Waals surface area contributed by atoms with E-state index in [0.717, 1.165) is 29.5 Å². The molecule has 1 fully saturated rings. The Kier molecular flexibility index (Phi) is 7.17. The number of hydrogen-bond acceptors (Lipinski definition) is 8. The molecule has 0 unspecified atom stereocenters. The summed E-state index contributed by atoms with van der Waals surface area (Å²) in [5.41, 5.74) is 4.08. The monoisotopic (exact) mass is 549 g/mol. The van der Waals surface area contributed by atoms with Gasteiger partial charge >= 0.3 is 5.97 Å². The molecule has 3 aromatic rings. The van der Waals surface area contributed by atoms with Crippen molar-refractivity contribution in [3.05, 3.63) is 81.0 Å². The summed E-state index contributed by atoms with van der Waals surface area (Å²) < 4.78 is 29.1. The van der Waals surface area contributed by atoms with Crippen molar-refractivity contribution in [2.24, 2.45) is 0 Å². The number of carbonyl (C=O) groups excluding carboxylic acids is 2. The van der Waals surface area contributed by atoms with Crippen LogP contribution in [0.25, 0.3) is 22.6 Å². The zero-order valence-corrected chi connectivity index (χ0v) is 22.1. The minimum Gasteiger partial charge on any atom is -0.452 e. The molecular weight excluding hydrogens is 522 g/mol. The molecule has 202 valence electrons. The van der Waals surface area contributed by atoms with Crippen LogP contribution >= 0.6 is 0 Å². The van der Waals surface area contributed by atoms with Gasteiger partial charge < -0.3 is 9.64 Å². The summed E-state index contributed by atoms with van der Waals surface area (Å²) in [5, 5.41) is 11.6. The Morgan fingerprint density at radius 1 is 1.15 bits per heavy atom. The summed E-state index contributed by atoms with van der Waals surface area (Å²) in [6, 6.07) is 13.1. The van der Waals surface area contributed by atoms with Crippen LogP contribution in [0.3, 0.4) is 0 Å². The van der Waals surface area contributed by atoms with Gasteiger partial charge in [0.05, 0.1) is 33.2 Å². The van der Waals surface area contributed by atoms with Crippen molar-refractivity contribution in [1.82, 2.24) is 9.88 Å². The number of nitrogens with zero attached hydrogens (tertiary/aromatic N) is 3. The minimum absolute atomic E-state index is 0.00472. The maximum absolute atomic E-state index is 13.4. The summed E-state index contributed by atoms with van der Waals surface area (Å²) in [4.78, 5) is 43.0. The molecule has 0 N–H and O–H groups in total. The zero-order chi connectivity index (χ0) is 27.7. The second-order valence-electron chi connectivity index (χ2n) is 9.84. The molecule has 5 rings (SSSR count). The molecule has 11 heteroatoms. The average Bonchev–Trinajstić information content (AvgIpc) is 3.29. The number of ether oxygens (including phenoxy) is 1. The van der Waals surface area contributed by atoms with Crippen LogP contribution in [0, 0.1) is 10.1 Å². The third-order valence-electron chi connectivity index (χ3n) is 7.30. The number of amides is 1. The van der Waals surface area contributed by atoms with E-state index < -0.39 is 39.3 Å². The fourth-order valence-corrected chi connectivity index (χ4v) is 6.96. The van der Waals surface area contributed by atoms with Crippen molar-refractivity contribution >= 4 is 50.0 Å². The van der Waals surface area contributed by atoms with Gasteiger partial charge in [-0.25, -0.2) is 18.2 Å². The molecule has 2 heterocycles. The first-order valence-electron chi connectivity index (χ1n) is 12.6. The van der Waals surface area contributed by atoms with Crippen molar-refractivity contribution < 1.29 is 27.7 Å². The second-order valence-corrected chi connectivity index (χ2v) is 12.1. The lowest BCUT2D eigenvalue weighted by Crippen LogP contribution is -2.40. The molecule has 2 aromatic carbocycles. The number of nitro groups is 1. The van der Waals surface area contributed by atoms with E-state index in [1.807, 2.05) is 24.3 Å². The Morgan fingerprint density at radius 2 is 1.90 bits per heavy atom. The van der Waals surface area contributed by atoms with Crippen LogP contribution in [0.5, 0.6) is 0 Å². The van der Waals surface area contributed by atoms with E-state index in [2.05, 4.69) is 0 Å². The molecule has 1 amide bonds.